The number of nitrogens with zero attached hydrogens (tertiary/aromatic N) is 2. The number of guanidine groups is 1. The number of nitrogens with two attached hydrogens (primary N) is 1. The quantitative estimate of drug-likeness (QED) is 0.498. The number of hydrogen-bond donors (Lipinski definition) is 1. The Morgan fingerprint density at radius 2 is 1.90 bits per heavy atom. The van der Waals surface area contributed by atoms with Crippen LogP contribution < -0.4 is 5.73 Å². The van der Waals surface area contributed by atoms with E-state index in [9.17, 15) is 0 Å². The Morgan fingerprint density at radius 3 is 2.62 bits per heavy atom. The lowest BCUT2D eigenvalue weighted by molar-refractivity contribution is 0.121. The van der Waals surface area contributed by atoms with Gasteiger partial charge in [-0.1, -0.05) is 31.2 Å². The first-order valence-electron chi connectivity index (χ1n) is 8.00. The number of rotatable bonds is 6. The van der Waals surface area contributed by atoms with Crippen molar-refractivity contribution in [2.24, 2.45) is 10.7 Å². The maximum absolute atomic E-state index is 6.11. The zero-order valence-electron chi connectivity index (χ0n) is 13.1. The number of aliphatic imine (C=N–C) groups is 1. The number of ether oxygens (including phenoxy) is 1. The fourth-order valence-electron chi connectivity index (χ4n) is 2.57. The Kier molecular flexibility index (Phi) is 6.54. The van der Waals surface area contributed by atoms with Gasteiger partial charge in [0, 0.05) is 19.7 Å². The van der Waals surface area contributed by atoms with E-state index in [-0.39, 0.29) is 0 Å². The molecular weight excluding hydrogens is 262 g/mol. The van der Waals surface area contributed by atoms with Gasteiger partial charge in [-0.25, -0.2) is 4.99 Å². The van der Waals surface area contributed by atoms with Gasteiger partial charge in [-0.05, 0) is 36.8 Å². The minimum Gasteiger partial charge on any atom is -0.377 e. The Morgan fingerprint density at radius 1 is 1.19 bits per heavy atom. The summed E-state index contributed by atoms with van der Waals surface area (Å²) < 4.78 is 5.64. The number of likely N-dealkylation sites (tertiary alicyclic amines) is 1. The van der Waals surface area contributed by atoms with Crippen molar-refractivity contribution in [3.8, 4) is 0 Å². The van der Waals surface area contributed by atoms with Gasteiger partial charge in [-0.15, -0.1) is 0 Å². The second kappa shape index (κ2) is 8.67. The summed E-state index contributed by atoms with van der Waals surface area (Å²) in [5, 5.41) is 0. The molecule has 4 nitrogen and oxygen atoms in total. The zero-order valence-corrected chi connectivity index (χ0v) is 13.1. The van der Waals surface area contributed by atoms with E-state index >= 15 is 0 Å². The molecule has 1 aromatic carbocycles. The van der Waals surface area contributed by atoms with E-state index in [2.05, 4.69) is 28.9 Å². The summed E-state index contributed by atoms with van der Waals surface area (Å²) in [5.74, 6) is 0.680. The molecule has 2 rings (SSSR count). The molecule has 1 aromatic rings. The van der Waals surface area contributed by atoms with Crippen LogP contribution in [0.4, 0.5) is 0 Å². The lowest BCUT2D eigenvalue weighted by Crippen LogP contribution is -2.40. The van der Waals surface area contributed by atoms with Crippen molar-refractivity contribution in [1.29, 1.82) is 0 Å². The van der Waals surface area contributed by atoms with Crippen molar-refractivity contribution < 1.29 is 4.74 Å². The predicted molar refractivity (Wildman–Crippen MR) is 87.1 cm³/mol. The molecule has 21 heavy (non-hydrogen) atoms. The highest BCUT2D eigenvalue weighted by atomic mass is 16.5. The van der Waals surface area contributed by atoms with Crippen LogP contribution in [0.5, 0.6) is 0 Å². The number of hydrogen-bond acceptors (Lipinski definition) is 2. The molecule has 1 saturated heterocycles. The Bertz CT molecular complexity index is 453. The maximum atomic E-state index is 6.11. The molecule has 1 fully saturated rings. The molecule has 0 aromatic heterocycles. The molecule has 0 bridgehead atoms. The first-order valence-corrected chi connectivity index (χ1v) is 8.00. The largest absolute Gasteiger partial charge is 0.377 e. The van der Waals surface area contributed by atoms with Crippen LogP contribution in [-0.2, 0) is 17.9 Å². The number of piperidine rings is 1. The minimum atomic E-state index is 0.633. The third-order valence-corrected chi connectivity index (χ3v) is 3.82. The highest BCUT2D eigenvalue weighted by Gasteiger charge is 2.11. The molecule has 0 atom stereocenters. The molecule has 0 amide bonds. The molecule has 1 heterocycles. The lowest BCUT2D eigenvalue weighted by Gasteiger charge is -2.27. The van der Waals surface area contributed by atoms with E-state index in [1.165, 1.54) is 30.4 Å². The summed E-state index contributed by atoms with van der Waals surface area (Å²) in [6.07, 6.45) is 4.79. The van der Waals surface area contributed by atoms with Gasteiger partial charge in [0.2, 0.25) is 0 Å². The molecule has 1 aliphatic rings. The minimum absolute atomic E-state index is 0.633. The summed E-state index contributed by atoms with van der Waals surface area (Å²) >= 11 is 0. The van der Waals surface area contributed by atoms with Gasteiger partial charge < -0.3 is 15.4 Å². The average Bonchev–Trinajstić information content (AvgIpc) is 2.54. The Balaban J connectivity index is 1.94. The Hall–Kier alpha value is -1.55. The third-order valence-electron chi connectivity index (χ3n) is 3.82. The van der Waals surface area contributed by atoms with Crippen LogP contribution >= 0.6 is 0 Å². The zero-order chi connectivity index (χ0) is 14.9. The van der Waals surface area contributed by atoms with Gasteiger partial charge in [0.15, 0.2) is 5.96 Å². The van der Waals surface area contributed by atoms with E-state index in [1.807, 2.05) is 12.1 Å². The Labute approximate surface area is 128 Å². The van der Waals surface area contributed by atoms with Gasteiger partial charge >= 0.3 is 0 Å². The van der Waals surface area contributed by atoms with Crippen molar-refractivity contribution in [2.75, 3.05) is 19.7 Å². The summed E-state index contributed by atoms with van der Waals surface area (Å²) in [6.45, 7) is 6.29. The molecule has 1 aliphatic heterocycles. The van der Waals surface area contributed by atoms with Crippen molar-refractivity contribution in [1.82, 2.24) is 4.90 Å². The van der Waals surface area contributed by atoms with Crippen LogP contribution in [0.3, 0.4) is 0 Å². The van der Waals surface area contributed by atoms with Crippen LogP contribution in [0.15, 0.2) is 29.3 Å². The standard InChI is InChI=1S/C17H27N3O/c1-2-12-21-14-16-9-5-4-8-15(16)13-19-17(18)20-10-6-3-7-11-20/h4-5,8-9H,2-3,6-7,10-14H2,1H3,(H2,18,19). The summed E-state index contributed by atoms with van der Waals surface area (Å²) in [6, 6.07) is 8.31. The molecule has 2 N–H and O–H groups in total. The summed E-state index contributed by atoms with van der Waals surface area (Å²) in [5.41, 5.74) is 8.52. The maximum Gasteiger partial charge on any atom is 0.191 e. The van der Waals surface area contributed by atoms with Crippen LogP contribution in [0.1, 0.15) is 43.7 Å². The predicted octanol–water partition coefficient (Wildman–Crippen LogP) is 2.91. The van der Waals surface area contributed by atoms with Gasteiger partial charge in [0.05, 0.1) is 13.2 Å². The van der Waals surface area contributed by atoms with Gasteiger partial charge in [0.25, 0.3) is 0 Å². The van der Waals surface area contributed by atoms with Gasteiger partial charge in [0.1, 0.15) is 0 Å². The normalized spacial score (nSPS) is 16.2. The van der Waals surface area contributed by atoms with Crippen LogP contribution in [0.25, 0.3) is 0 Å². The molecule has 0 saturated carbocycles. The topological polar surface area (TPSA) is 50.9 Å². The van der Waals surface area contributed by atoms with E-state index in [4.69, 9.17) is 10.5 Å². The molecular formula is C17H27N3O. The molecule has 0 unspecified atom stereocenters. The molecule has 116 valence electrons. The van der Waals surface area contributed by atoms with Crippen molar-refractivity contribution in [2.45, 2.75) is 45.8 Å². The first-order chi connectivity index (χ1) is 10.3. The van der Waals surface area contributed by atoms with Gasteiger partial charge in [-0.3, -0.25) is 0 Å². The highest BCUT2D eigenvalue weighted by Crippen LogP contribution is 2.13. The van der Waals surface area contributed by atoms with Gasteiger partial charge in [-0.2, -0.15) is 0 Å². The molecule has 4 heteroatoms. The van der Waals surface area contributed by atoms with Crippen molar-refractivity contribution in [3.63, 3.8) is 0 Å². The second-order valence-electron chi connectivity index (χ2n) is 5.54. The van der Waals surface area contributed by atoms with E-state index in [1.54, 1.807) is 0 Å². The lowest BCUT2D eigenvalue weighted by atomic mass is 10.1. The van der Waals surface area contributed by atoms with E-state index < -0.39 is 0 Å². The highest BCUT2D eigenvalue weighted by molar-refractivity contribution is 5.78. The second-order valence-corrected chi connectivity index (χ2v) is 5.54. The SMILES string of the molecule is CCCOCc1ccccc1CN=C(N)N1CCCCC1. The molecule has 0 spiro atoms. The number of benzene rings is 1. The smallest absolute Gasteiger partial charge is 0.191 e. The van der Waals surface area contributed by atoms with Crippen LogP contribution in [-0.4, -0.2) is 30.6 Å². The van der Waals surface area contributed by atoms with Crippen molar-refractivity contribution >= 4 is 5.96 Å². The third kappa shape index (κ3) is 5.05. The summed E-state index contributed by atoms with van der Waals surface area (Å²) in [7, 11) is 0. The average molecular weight is 289 g/mol. The fourth-order valence-corrected chi connectivity index (χ4v) is 2.57. The fraction of sp³-hybridized carbons (Fsp3) is 0.588. The monoisotopic (exact) mass is 289 g/mol. The van der Waals surface area contributed by atoms with Crippen LogP contribution in [0, 0.1) is 0 Å². The van der Waals surface area contributed by atoms with Crippen molar-refractivity contribution in [3.05, 3.63) is 35.4 Å². The van der Waals surface area contributed by atoms with E-state index in [0.717, 1.165) is 26.1 Å². The van der Waals surface area contributed by atoms with Crippen LogP contribution in [0.2, 0.25) is 0 Å². The molecule has 0 aliphatic carbocycles. The van der Waals surface area contributed by atoms with E-state index in [0.29, 0.717) is 19.1 Å². The first kappa shape index (κ1) is 15.8. The summed E-state index contributed by atoms with van der Waals surface area (Å²) in [4.78, 5) is 6.77. The molecule has 0 radical (unpaired) electrons.